The Morgan fingerprint density at radius 1 is 1.09 bits per heavy atom. The average molecular weight is 310 g/mol. The van der Waals surface area contributed by atoms with Gasteiger partial charge in [0.15, 0.2) is 0 Å². The number of anilines is 2. The van der Waals surface area contributed by atoms with Crippen LogP contribution in [-0.4, -0.2) is 33.9 Å². The smallest absolute Gasteiger partial charge is 0.272 e. The Bertz CT molecular complexity index is 716. The van der Waals surface area contributed by atoms with Crippen LogP contribution in [0.1, 0.15) is 40.3 Å². The number of hydrogen-bond donors (Lipinski definition) is 1. The number of aromatic nitrogens is 2. The van der Waals surface area contributed by atoms with Crippen LogP contribution in [0.3, 0.4) is 0 Å². The Balaban J connectivity index is 1.90. The van der Waals surface area contributed by atoms with Crippen molar-refractivity contribution in [3.63, 3.8) is 0 Å². The number of amides is 1. The van der Waals surface area contributed by atoms with Crippen molar-refractivity contribution in [2.45, 2.75) is 33.6 Å². The lowest BCUT2D eigenvalue weighted by atomic mass is 10.1. The zero-order valence-electron chi connectivity index (χ0n) is 13.9. The van der Waals surface area contributed by atoms with Gasteiger partial charge in [-0.3, -0.25) is 4.79 Å². The van der Waals surface area contributed by atoms with Crippen LogP contribution in [0.5, 0.6) is 0 Å². The molecule has 5 nitrogen and oxygen atoms in total. The molecule has 0 unspecified atom stereocenters. The van der Waals surface area contributed by atoms with Crippen LogP contribution in [0.2, 0.25) is 0 Å². The second-order valence-corrected chi connectivity index (χ2v) is 6.08. The van der Waals surface area contributed by atoms with Crippen molar-refractivity contribution in [3.8, 4) is 0 Å². The number of benzene rings is 1. The molecule has 1 saturated heterocycles. The minimum atomic E-state index is -0.00226. The fourth-order valence-electron chi connectivity index (χ4n) is 2.96. The molecule has 1 aliphatic rings. The highest BCUT2D eigenvalue weighted by Crippen LogP contribution is 2.24. The van der Waals surface area contributed by atoms with Gasteiger partial charge >= 0.3 is 0 Å². The summed E-state index contributed by atoms with van der Waals surface area (Å²) in [5.74, 6) is 1.26. The molecule has 0 atom stereocenters. The monoisotopic (exact) mass is 310 g/mol. The first-order valence-corrected chi connectivity index (χ1v) is 8.03. The van der Waals surface area contributed by atoms with Gasteiger partial charge in [0.25, 0.3) is 5.91 Å². The number of nitrogens with one attached hydrogen (secondary N) is 1. The van der Waals surface area contributed by atoms with E-state index >= 15 is 0 Å². The van der Waals surface area contributed by atoms with Gasteiger partial charge in [0.1, 0.15) is 17.3 Å². The molecule has 1 aliphatic heterocycles. The lowest BCUT2D eigenvalue weighted by Crippen LogP contribution is -2.28. The standard InChI is InChI=1S/C18H22N4O/c1-12-7-6-8-13(2)17(12)21-16-11-15(19-14(3)20-16)18(23)22-9-4-5-10-22/h6-8,11H,4-5,9-10H2,1-3H3,(H,19,20,21). The molecule has 0 spiro atoms. The van der Waals surface area contributed by atoms with Crippen LogP contribution in [-0.2, 0) is 0 Å². The number of nitrogens with zero attached hydrogens (tertiary/aromatic N) is 3. The molecule has 2 aromatic rings. The first-order valence-electron chi connectivity index (χ1n) is 8.03. The number of carbonyl (C=O) groups excluding carboxylic acids is 1. The number of carbonyl (C=O) groups is 1. The minimum absolute atomic E-state index is 0.00226. The third kappa shape index (κ3) is 3.33. The highest BCUT2D eigenvalue weighted by molar-refractivity contribution is 5.93. The van der Waals surface area contributed by atoms with Gasteiger partial charge in [-0.2, -0.15) is 0 Å². The summed E-state index contributed by atoms with van der Waals surface area (Å²) >= 11 is 0. The number of rotatable bonds is 3. The van der Waals surface area contributed by atoms with E-state index in [-0.39, 0.29) is 5.91 Å². The van der Waals surface area contributed by atoms with E-state index in [9.17, 15) is 4.79 Å². The van der Waals surface area contributed by atoms with Crippen LogP contribution in [0, 0.1) is 20.8 Å². The van der Waals surface area contributed by atoms with E-state index < -0.39 is 0 Å². The molecule has 120 valence electrons. The zero-order chi connectivity index (χ0) is 16.4. The number of likely N-dealkylation sites (tertiary alicyclic amines) is 1. The fraction of sp³-hybridized carbons (Fsp3) is 0.389. The molecule has 3 rings (SSSR count). The largest absolute Gasteiger partial charge is 0.340 e. The topological polar surface area (TPSA) is 58.1 Å². The molecule has 1 aromatic heterocycles. The van der Waals surface area contributed by atoms with Crippen LogP contribution < -0.4 is 5.32 Å². The van der Waals surface area contributed by atoms with Crippen molar-refractivity contribution in [2.75, 3.05) is 18.4 Å². The van der Waals surface area contributed by atoms with Crippen LogP contribution in [0.25, 0.3) is 0 Å². The van der Waals surface area contributed by atoms with Crippen LogP contribution in [0.4, 0.5) is 11.5 Å². The maximum absolute atomic E-state index is 12.5. The van der Waals surface area contributed by atoms with Crippen molar-refractivity contribution >= 4 is 17.4 Å². The van der Waals surface area contributed by atoms with Gasteiger partial charge in [-0.1, -0.05) is 18.2 Å². The Kier molecular flexibility index (Phi) is 4.28. The van der Waals surface area contributed by atoms with Gasteiger partial charge in [0, 0.05) is 24.8 Å². The summed E-state index contributed by atoms with van der Waals surface area (Å²) < 4.78 is 0. The van der Waals surface area contributed by atoms with E-state index in [4.69, 9.17) is 0 Å². The summed E-state index contributed by atoms with van der Waals surface area (Å²) in [6.07, 6.45) is 2.15. The van der Waals surface area contributed by atoms with E-state index in [1.54, 1.807) is 6.07 Å². The average Bonchev–Trinajstić information content (AvgIpc) is 3.04. The molecule has 1 fully saturated rings. The minimum Gasteiger partial charge on any atom is -0.340 e. The summed E-state index contributed by atoms with van der Waals surface area (Å²) in [6.45, 7) is 7.57. The summed E-state index contributed by atoms with van der Waals surface area (Å²) in [6, 6.07) is 7.89. The van der Waals surface area contributed by atoms with Gasteiger partial charge in [0.2, 0.25) is 0 Å². The lowest BCUT2D eigenvalue weighted by Gasteiger charge is -2.16. The molecule has 2 heterocycles. The Labute approximate surface area is 136 Å². The van der Waals surface area contributed by atoms with E-state index in [0.717, 1.165) is 42.7 Å². The Morgan fingerprint density at radius 2 is 1.74 bits per heavy atom. The summed E-state index contributed by atoms with van der Waals surface area (Å²) in [4.78, 5) is 23.2. The molecule has 1 N–H and O–H groups in total. The first-order chi connectivity index (χ1) is 11.0. The molecule has 5 heteroatoms. The lowest BCUT2D eigenvalue weighted by molar-refractivity contribution is 0.0786. The quantitative estimate of drug-likeness (QED) is 0.944. The summed E-state index contributed by atoms with van der Waals surface area (Å²) in [7, 11) is 0. The molecule has 1 aromatic carbocycles. The molecule has 0 bridgehead atoms. The van der Waals surface area contributed by atoms with E-state index in [0.29, 0.717) is 17.3 Å². The maximum Gasteiger partial charge on any atom is 0.272 e. The SMILES string of the molecule is Cc1nc(Nc2c(C)cccc2C)cc(C(=O)N2CCCC2)n1. The second-order valence-electron chi connectivity index (χ2n) is 6.08. The molecular formula is C18H22N4O. The van der Waals surface area contributed by atoms with Crippen molar-refractivity contribution in [3.05, 3.63) is 46.9 Å². The summed E-state index contributed by atoms with van der Waals surface area (Å²) in [5, 5.41) is 3.35. The highest BCUT2D eigenvalue weighted by Gasteiger charge is 2.21. The van der Waals surface area contributed by atoms with Gasteiger partial charge in [-0.25, -0.2) is 9.97 Å². The van der Waals surface area contributed by atoms with Gasteiger partial charge in [-0.05, 0) is 44.7 Å². The fourth-order valence-corrected chi connectivity index (χ4v) is 2.96. The molecule has 1 amide bonds. The number of para-hydroxylation sites is 1. The van der Waals surface area contributed by atoms with Gasteiger partial charge in [-0.15, -0.1) is 0 Å². The van der Waals surface area contributed by atoms with Crippen molar-refractivity contribution in [2.24, 2.45) is 0 Å². The third-order valence-electron chi connectivity index (χ3n) is 4.18. The Morgan fingerprint density at radius 3 is 2.39 bits per heavy atom. The maximum atomic E-state index is 12.5. The van der Waals surface area contributed by atoms with Gasteiger partial charge in [0.05, 0.1) is 0 Å². The molecular weight excluding hydrogens is 288 g/mol. The summed E-state index contributed by atoms with van der Waals surface area (Å²) in [5.41, 5.74) is 3.79. The molecule has 0 saturated carbocycles. The zero-order valence-corrected chi connectivity index (χ0v) is 13.9. The van der Waals surface area contributed by atoms with E-state index in [1.165, 1.54) is 0 Å². The number of hydrogen-bond acceptors (Lipinski definition) is 4. The second kappa shape index (κ2) is 6.36. The molecule has 23 heavy (non-hydrogen) atoms. The van der Waals surface area contributed by atoms with Crippen LogP contribution in [0.15, 0.2) is 24.3 Å². The number of aryl methyl sites for hydroxylation is 3. The third-order valence-corrected chi connectivity index (χ3v) is 4.18. The highest BCUT2D eigenvalue weighted by atomic mass is 16.2. The van der Waals surface area contributed by atoms with Gasteiger partial charge < -0.3 is 10.2 Å². The van der Waals surface area contributed by atoms with Crippen molar-refractivity contribution in [1.82, 2.24) is 14.9 Å². The molecule has 0 aliphatic carbocycles. The molecule has 0 radical (unpaired) electrons. The van der Waals surface area contributed by atoms with Crippen molar-refractivity contribution < 1.29 is 4.79 Å². The Hall–Kier alpha value is -2.43. The predicted octanol–water partition coefficient (Wildman–Crippen LogP) is 3.38. The van der Waals surface area contributed by atoms with E-state index in [2.05, 4.69) is 41.3 Å². The normalized spacial score (nSPS) is 14.1. The predicted molar refractivity (Wildman–Crippen MR) is 91.1 cm³/mol. The van der Waals surface area contributed by atoms with Crippen LogP contribution >= 0.6 is 0 Å². The van der Waals surface area contributed by atoms with E-state index in [1.807, 2.05) is 17.9 Å². The van der Waals surface area contributed by atoms with Crippen molar-refractivity contribution in [1.29, 1.82) is 0 Å². The first kappa shape index (κ1) is 15.5.